The molecule has 11 rings (SSSR count). The normalized spacial score (nSPS) is 11.9. The summed E-state index contributed by atoms with van der Waals surface area (Å²) < 4.78 is 11.0. The molecule has 11 aromatic rings. The van der Waals surface area contributed by atoms with Gasteiger partial charge in [-0.1, -0.05) is 103 Å². The van der Waals surface area contributed by atoms with E-state index in [0.29, 0.717) is 5.82 Å². The Labute approximate surface area is 296 Å². The lowest BCUT2D eigenvalue weighted by molar-refractivity contribution is 0.669. The molecule has 5 heteroatoms. The third-order valence-corrected chi connectivity index (χ3v) is 11.3. The van der Waals surface area contributed by atoms with Crippen LogP contribution >= 0.6 is 11.3 Å². The van der Waals surface area contributed by atoms with E-state index in [1.165, 1.54) is 42.0 Å². The number of para-hydroxylation sites is 3. The van der Waals surface area contributed by atoms with Gasteiger partial charge in [-0.3, -0.25) is 0 Å². The second kappa shape index (κ2) is 11.0. The predicted octanol–water partition coefficient (Wildman–Crippen LogP) is 12.8. The van der Waals surface area contributed by atoms with Crippen LogP contribution in [0.4, 0.5) is 0 Å². The SMILES string of the molecule is c1ccc(-c2cc(-c3ccc4oc5ccccc5c4c3)nc(-c3cccc4c3sc3c4ccc4c3c3ccccc3n4-c3ccccc3)n2)cc1. The first-order valence-corrected chi connectivity index (χ1v) is 17.9. The van der Waals surface area contributed by atoms with E-state index in [-0.39, 0.29) is 0 Å². The molecule has 0 spiro atoms. The zero-order valence-electron chi connectivity index (χ0n) is 27.2. The van der Waals surface area contributed by atoms with E-state index >= 15 is 0 Å². The van der Waals surface area contributed by atoms with Crippen LogP contribution in [0.1, 0.15) is 0 Å². The molecule has 0 aliphatic heterocycles. The molecule has 0 fully saturated rings. The lowest BCUT2D eigenvalue weighted by Crippen LogP contribution is -1.96. The molecule has 7 aromatic carbocycles. The molecule has 4 heterocycles. The fourth-order valence-corrected chi connectivity index (χ4v) is 9.06. The molecule has 51 heavy (non-hydrogen) atoms. The molecule has 0 saturated carbocycles. The minimum atomic E-state index is 0.712. The van der Waals surface area contributed by atoms with Gasteiger partial charge in [0.2, 0.25) is 0 Å². The molecule has 0 aliphatic carbocycles. The van der Waals surface area contributed by atoms with Crippen LogP contribution in [0.5, 0.6) is 0 Å². The molecule has 238 valence electrons. The van der Waals surface area contributed by atoms with Crippen molar-refractivity contribution >= 4 is 75.3 Å². The second-order valence-corrected chi connectivity index (χ2v) is 14.0. The summed E-state index contributed by atoms with van der Waals surface area (Å²) in [7, 11) is 0. The zero-order chi connectivity index (χ0) is 33.5. The van der Waals surface area contributed by atoms with Gasteiger partial charge in [-0.25, -0.2) is 9.97 Å². The Morgan fingerprint density at radius 3 is 2.00 bits per heavy atom. The maximum absolute atomic E-state index is 6.16. The fourth-order valence-electron chi connectivity index (χ4n) is 7.70. The van der Waals surface area contributed by atoms with Gasteiger partial charge in [-0.05, 0) is 60.7 Å². The van der Waals surface area contributed by atoms with E-state index in [1.54, 1.807) is 0 Å². The van der Waals surface area contributed by atoms with Crippen molar-refractivity contribution < 1.29 is 4.42 Å². The highest BCUT2D eigenvalue weighted by atomic mass is 32.1. The maximum Gasteiger partial charge on any atom is 0.161 e. The standard InChI is InChI=1S/C46H27N3OS/c1-3-12-28(13-4-1)37-27-38(29-22-25-42-36(26-29)31-16-8-10-21-41(31)50-42)48-46(47-37)35-19-11-18-32-33-23-24-40-43(45(33)51-44(32)35)34-17-7-9-20-39(34)49(40)30-14-5-2-6-15-30/h1-27H. The van der Waals surface area contributed by atoms with Crippen LogP contribution in [0.25, 0.3) is 104 Å². The molecule has 4 nitrogen and oxygen atoms in total. The molecule has 0 unspecified atom stereocenters. The summed E-state index contributed by atoms with van der Waals surface area (Å²) >= 11 is 1.84. The Balaban J connectivity index is 1.17. The first-order chi connectivity index (χ1) is 25.3. The number of hydrogen-bond acceptors (Lipinski definition) is 4. The van der Waals surface area contributed by atoms with E-state index in [2.05, 4.69) is 150 Å². The van der Waals surface area contributed by atoms with Crippen molar-refractivity contribution in [3.8, 4) is 39.6 Å². The van der Waals surface area contributed by atoms with Gasteiger partial charge in [0.05, 0.1) is 22.4 Å². The predicted molar refractivity (Wildman–Crippen MR) is 213 cm³/mol. The molecular formula is C46H27N3OS. The second-order valence-electron chi connectivity index (χ2n) is 12.9. The minimum Gasteiger partial charge on any atom is -0.456 e. The topological polar surface area (TPSA) is 43.9 Å². The zero-order valence-corrected chi connectivity index (χ0v) is 28.1. The minimum absolute atomic E-state index is 0.712. The molecule has 0 atom stereocenters. The van der Waals surface area contributed by atoms with E-state index in [1.807, 2.05) is 29.5 Å². The van der Waals surface area contributed by atoms with Crippen molar-refractivity contribution in [3.05, 3.63) is 164 Å². The van der Waals surface area contributed by atoms with Crippen LogP contribution in [0.2, 0.25) is 0 Å². The molecule has 0 N–H and O–H groups in total. The largest absolute Gasteiger partial charge is 0.456 e. The average molecular weight is 670 g/mol. The summed E-state index contributed by atoms with van der Waals surface area (Å²) in [6.45, 7) is 0. The molecule has 0 bridgehead atoms. The Morgan fingerprint density at radius 1 is 0.451 bits per heavy atom. The highest BCUT2D eigenvalue weighted by Crippen LogP contribution is 2.46. The van der Waals surface area contributed by atoms with Crippen molar-refractivity contribution in [2.75, 3.05) is 0 Å². The summed E-state index contributed by atoms with van der Waals surface area (Å²) in [5, 5.41) is 7.17. The van der Waals surface area contributed by atoms with Gasteiger partial charge in [0.15, 0.2) is 5.82 Å². The molecular weight excluding hydrogens is 643 g/mol. The summed E-state index contributed by atoms with van der Waals surface area (Å²) in [6, 6.07) is 57.5. The fraction of sp³-hybridized carbons (Fsp3) is 0. The smallest absolute Gasteiger partial charge is 0.161 e. The first kappa shape index (κ1) is 28.3. The van der Waals surface area contributed by atoms with Gasteiger partial charge in [-0.15, -0.1) is 11.3 Å². The summed E-state index contributed by atoms with van der Waals surface area (Å²) in [5.41, 5.74) is 10.2. The van der Waals surface area contributed by atoms with Crippen LogP contribution in [0.15, 0.2) is 168 Å². The average Bonchev–Trinajstić information content (AvgIpc) is 3.87. The first-order valence-electron chi connectivity index (χ1n) is 17.1. The third-order valence-electron chi connectivity index (χ3n) is 10.0. The van der Waals surface area contributed by atoms with Crippen LogP contribution < -0.4 is 0 Å². The molecule has 0 saturated heterocycles. The Hall–Kier alpha value is -6.56. The van der Waals surface area contributed by atoms with E-state index in [0.717, 1.165) is 55.7 Å². The summed E-state index contributed by atoms with van der Waals surface area (Å²) in [5.74, 6) is 0.712. The summed E-state index contributed by atoms with van der Waals surface area (Å²) in [6.07, 6.45) is 0. The highest BCUT2D eigenvalue weighted by Gasteiger charge is 2.20. The van der Waals surface area contributed by atoms with Crippen LogP contribution in [0, 0.1) is 0 Å². The lowest BCUT2D eigenvalue weighted by Gasteiger charge is -2.10. The Bertz CT molecular complexity index is 3140. The van der Waals surface area contributed by atoms with E-state index in [9.17, 15) is 0 Å². The molecule has 4 aromatic heterocycles. The van der Waals surface area contributed by atoms with Crippen LogP contribution in [0.3, 0.4) is 0 Å². The number of nitrogens with zero attached hydrogens (tertiary/aromatic N) is 3. The summed E-state index contributed by atoms with van der Waals surface area (Å²) in [4.78, 5) is 10.6. The number of furan rings is 1. The lowest BCUT2D eigenvalue weighted by atomic mass is 10.0. The van der Waals surface area contributed by atoms with Gasteiger partial charge in [0.25, 0.3) is 0 Å². The van der Waals surface area contributed by atoms with Gasteiger partial charge in [0.1, 0.15) is 11.2 Å². The van der Waals surface area contributed by atoms with Gasteiger partial charge >= 0.3 is 0 Å². The number of thiophene rings is 1. The van der Waals surface area contributed by atoms with Crippen molar-refractivity contribution in [1.29, 1.82) is 0 Å². The van der Waals surface area contributed by atoms with Gasteiger partial charge in [-0.2, -0.15) is 0 Å². The number of benzene rings is 7. The van der Waals surface area contributed by atoms with E-state index in [4.69, 9.17) is 14.4 Å². The molecule has 0 aliphatic rings. The third kappa shape index (κ3) is 4.32. The molecule has 0 radical (unpaired) electrons. The molecule has 0 amide bonds. The quantitative estimate of drug-likeness (QED) is 0.187. The monoisotopic (exact) mass is 669 g/mol. The highest BCUT2D eigenvalue weighted by molar-refractivity contribution is 7.27. The van der Waals surface area contributed by atoms with Gasteiger partial charge < -0.3 is 8.98 Å². The Morgan fingerprint density at radius 2 is 1.14 bits per heavy atom. The number of hydrogen-bond donors (Lipinski definition) is 0. The number of rotatable bonds is 4. The van der Waals surface area contributed by atoms with Crippen molar-refractivity contribution in [1.82, 2.24) is 14.5 Å². The van der Waals surface area contributed by atoms with Crippen molar-refractivity contribution in [3.63, 3.8) is 0 Å². The van der Waals surface area contributed by atoms with Crippen molar-refractivity contribution in [2.45, 2.75) is 0 Å². The van der Waals surface area contributed by atoms with Crippen LogP contribution in [-0.4, -0.2) is 14.5 Å². The number of aromatic nitrogens is 3. The van der Waals surface area contributed by atoms with Crippen LogP contribution in [-0.2, 0) is 0 Å². The van der Waals surface area contributed by atoms with Gasteiger partial charge in [0, 0.05) is 64.1 Å². The Kier molecular flexibility index (Phi) is 6.09. The number of fused-ring (bicyclic) bond motifs is 10. The van der Waals surface area contributed by atoms with Crippen molar-refractivity contribution in [2.24, 2.45) is 0 Å². The van der Waals surface area contributed by atoms with E-state index < -0.39 is 0 Å². The maximum atomic E-state index is 6.16.